The first-order chi connectivity index (χ1) is 10.0. The summed E-state index contributed by atoms with van der Waals surface area (Å²) in [5.41, 5.74) is 2.28. The first-order valence-corrected chi connectivity index (χ1v) is 7.15. The summed E-state index contributed by atoms with van der Waals surface area (Å²) in [6.45, 7) is 2.44. The maximum Gasteiger partial charge on any atom is 0.303 e. The van der Waals surface area contributed by atoms with Crippen molar-refractivity contribution >= 4 is 11.9 Å². The van der Waals surface area contributed by atoms with E-state index < -0.39 is 5.97 Å². The van der Waals surface area contributed by atoms with Gasteiger partial charge in [-0.05, 0) is 37.8 Å². The number of benzene rings is 1. The lowest BCUT2D eigenvalue weighted by Gasteiger charge is -2.09. The lowest BCUT2D eigenvalue weighted by Crippen LogP contribution is -2.24. The summed E-state index contributed by atoms with van der Waals surface area (Å²) < 4.78 is 5.30. The summed E-state index contributed by atoms with van der Waals surface area (Å²) in [5, 5.41) is 11.2. The van der Waals surface area contributed by atoms with Crippen molar-refractivity contribution in [1.82, 2.24) is 5.32 Å². The molecule has 1 aromatic carbocycles. The van der Waals surface area contributed by atoms with Crippen LogP contribution in [0.15, 0.2) is 18.2 Å². The SMILES string of the molecule is COc1ccc(C)cc1CCCC(=O)NCCCC(=O)O. The van der Waals surface area contributed by atoms with Gasteiger partial charge in [0.1, 0.15) is 5.75 Å². The number of carbonyl (C=O) groups excluding carboxylic acids is 1. The second-order valence-electron chi connectivity index (χ2n) is 5.02. The lowest BCUT2D eigenvalue weighted by molar-refractivity contribution is -0.137. The van der Waals surface area contributed by atoms with Crippen LogP contribution in [0.5, 0.6) is 5.75 Å². The molecule has 0 aliphatic carbocycles. The van der Waals surface area contributed by atoms with Crippen LogP contribution in [0.3, 0.4) is 0 Å². The van der Waals surface area contributed by atoms with Crippen molar-refractivity contribution in [3.63, 3.8) is 0 Å². The van der Waals surface area contributed by atoms with E-state index in [9.17, 15) is 9.59 Å². The van der Waals surface area contributed by atoms with E-state index in [2.05, 4.69) is 11.4 Å². The highest BCUT2D eigenvalue weighted by atomic mass is 16.5. The minimum absolute atomic E-state index is 0.0352. The fourth-order valence-corrected chi connectivity index (χ4v) is 2.10. The van der Waals surface area contributed by atoms with Gasteiger partial charge in [0.05, 0.1) is 7.11 Å². The normalized spacial score (nSPS) is 10.2. The number of rotatable bonds is 9. The Morgan fingerprint density at radius 1 is 1.24 bits per heavy atom. The van der Waals surface area contributed by atoms with Crippen LogP contribution in [0.2, 0.25) is 0 Å². The zero-order valence-corrected chi connectivity index (χ0v) is 12.6. The number of nitrogens with one attached hydrogen (secondary N) is 1. The van der Waals surface area contributed by atoms with Gasteiger partial charge in [0.25, 0.3) is 0 Å². The first kappa shape index (κ1) is 17.0. The number of carbonyl (C=O) groups is 2. The Balaban J connectivity index is 2.28. The standard InChI is InChI=1S/C16H23NO4/c1-12-8-9-14(21-2)13(11-12)5-3-6-15(18)17-10-4-7-16(19)20/h8-9,11H,3-7,10H2,1-2H3,(H,17,18)(H,19,20). The molecular formula is C16H23NO4. The van der Waals surface area contributed by atoms with E-state index in [1.165, 1.54) is 5.56 Å². The molecule has 0 aliphatic rings. The molecule has 0 bridgehead atoms. The smallest absolute Gasteiger partial charge is 0.303 e. The highest BCUT2D eigenvalue weighted by molar-refractivity contribution is 5.75. The van der Waals surface area contributed by atoms with Crippen molar-refractivity contribution in [1.29, 1.82) is 0 Å². The second-order valence-corrected chi connectivity index (χ2v) is 5.02. The first-order valence-electron chi connectivity index (χ1n) is 7.15. The predicted octanol–water partition coefficient (Wildman–Crippen LogP) is 2.31. The number of aliphatic carboxylic acids is 1. The van der Waals surface area contributed by atoms with Crippen molar-refractivity contribution in [2.45, 2.75) is 39.0 Å². The maximum absolute atomic E-state index is 11.6. The van der Waals surface area contributed by atoms with E-state index in [4.69, 9.17) is 9.84 Å². The van der Waals surface area contributed by atoms with Gasteiger partial charge >= 0.3 is 5.97 Å². The molecule has 1 amide bonds. The highest BCUT2D eigenvalue weighted by Gasteiger charge is 2.06. The zero-order valence-electron chi connectivity index (χ0n) is 12.6. The van der Waals surface area contributed by atoms with Crippen molar-refractivity contribution in [3.8, 4) is 5.75 Å². The maximum atomic E-state index is 11.6. The Morgan fingerprint density at radius 2 is 2.00 bits per heavy atom. The van der Waals surface area contributed by atoms with E-state index in [0.717, 1.165) is 24.2 Å². The van der Waals surface area contributed by atoms with Crippen LogP contribution < -0.4 is 10.1 Å². The van der Waals surface area contributed by atoms with Crippen LogP contribution in [-0.4, -0.2) is 30.6 Å². The van der Waals surface area contributed by atoms with Crippen LogP contribution in [-0.2, 0) is 16.0 Å². The highest BCUT2D eigenvalue weighted by Crippen LogP contribution is 2.21. The number of hydrogen-bond donors (Lipinski definition) is 2. The monoisotopic (exact) mass is 293 g/mol. The molecule has 1 rings (SSSR count). The molecule has 0 aromatic heterocycles. The molecule has 21 heavy (non-hydrogen) atoms. The summed E-state index contributed by atoms with van der Waals surface area (Å²) in [5.74, 6) is -0.0229. The molecule has 0 fully saturated rings. The minimum Gasteiger partial charge on any atom is -0.496 e. The molecule has 5 nitrogen and oxygen atoms in total. The molecule has 116 valence electrons. The molecule has 0 saturated heterocycles. The van der Waals surface area contributed by atoms with E-state index in [0.29, 0.717) is 19.4 Å². The van der Waals surface area contributed by atoms with Crippen LogP contribution >= 0.6 is 0 Å². The van der Waals surface area contributed by atoms with Crippen molar-refractivity contribution in [3.05, 3.63) is 29.3 Å². The van der Waals surface area contributed by atoms with Gasteiger partial charge in [0.2, 0.25) is 5.91 Å². The molecule has 0 heterocycles. The number of hydrogen-bond acceptors (Lipinski definition) is 3. The number of amides is 1. The molecule has 0 radical (unpaired) electrons. The van der Waals surface area contributed by atoms with Crippen LogP contribution in [0, 0.1) is 6.92 Å². The third-order valence-corrected chi connectivity index (χ3v) is 3.18. The number of ether oxygens (including phenoxy) is 1. The third kappa shape index (κ3) is 6.79. The second kappa shape index (κ2) is 9.00. The Kier molecular flexibility index (Phi) is 7.29. The number of carboxylic acids is 1. The van der Waals surface area contributed by atoms with E-state index in [1.54, 1.807) is 7.11 Å². The summed E-state index contributed by atoms with van der Waals surface area (Å²) >= 11 is 0. The van der Waals surface area contributed by atoms with E-state index in [1.807, 2.05) is 19.1 Å². The fourth-order valence-electron chi connectivity index (χ4n) is 2.10. The molecule has 0 spiro atoms. The largest absolute Gasteiger partial charge is 0.496 e. The average Bonchev–Trinajstić information content (AvgIpc) is 2.44. The van der Waals surface area contributed by atoms with Crippen molar-refractivity contribution in [2.75, 3.05) is 13.7 Å². The Bertz CT molecular complexity index is 485. The Labute approximate surface area is 125 Å². The van der Waals surface area contributed by atoms with Gasteiger partial charge < -0.3 is 15.2 Å². The number of methoxy groups -OCH3 is 1. The van der Waals surface area contributed by atoms with Gasteiger partial charge in [-0.1, -0.05) is 17.7 Å². The Hall–Kier alpha value is -2.04. The van der Waals surface area contributed by atoms with Gasteiger partial charge in [0, 0.05) is 19.4 Å². The summed E-state index contributed by atoms with van der Waals surface area (Å²) in [4.78, 5) is 21.9. The number of carboxylic acid groups (broad SMARTS) is 1. The van der Waals surface area contributed by atoms with E-state index in [-0.39, 0.29) is 12.3 Å². The topological polar surface area (TPSA) is 75.6 Å². The summed E-state index contributed by atoms with van der Waals surface area (Å²) in [6.07, 6.45) is 2.51. The van der Waals surface area contributed by atoms with Crippen LogP contribution in [0.1, 0.15) is 36.8 Å². The molecule has 0 unspecified atom stereocenters. The molecule has 0 saturated carbocycles. The Morgan fingerprint density at radius 3 is 2.67 bits per heavy atom. The van der Waals surface area contributed by atoms with Crippen LogP contribution in [0.25, 0.3) is 0 Å². The molecule has 2 N–H and O–H groups in total. The molecule has 0 atom stereocenters. The summed E-state index contributed by atoms with van der Waals surface area (Å²) in [6, 6.07) is 6.01. The lowest BCUT2D eigenvalue weighted by atomic mass is 10.0. The van der Waals surface area contributed by atoms with Gasteiger partial charge in [0.15, 0.2) is 0 Å². The van der Waals surface area contributed by atoms with Gasteiger partial charge in [-0.3, -0.25) is 9.59 Å². The number of aryl methyl sites for hydroxylation is 2. The van der Waals surface area contributed by atoms with Gasteiger partial charge in [-0.2, -0.15) is 0 Å². The van der Waals surface area contributed by atoms with E-state index >= 15 is 0 Å². The average molecular weight is 293 g/mol. The molecule has 1 aromatic rings. The van der Waals surface area contributed by atoms with Gasteiger partial charge in [-0.15, -0.1) is 0 Å². The molecular weight excluding hydrogens is 270 g/mol. The van der Waals surface area contributed by atoms with Gasteiger partial charge in [-0.25, -0.2) is 0 Å². The molecule has 5 heteroatoms. The van der Waals surface area contributed by atoms with Crippen molar-refractivity contribution < 1.29 is 19.4 Å². The third-order valence-electron chi connectivity index (χ3n) is 3.18. The van der Waals surface area contributed by atoms with Crippen LogP contribution in [0.4, 0.5) is 0 Å². The van der Waals surface area contributed by atoms with Crippen molar-refractivity contribution in [2.24, 2.45) is 0 Å². The predicted molar refractivity (Wildman–Crippen MR) is 80.5 cm³/mol. The minimum atomic E-state index is -0.837. The summed E-state index contributed by atoms with van der Waals surface area (Å²) in [7, 11) is 1.64. The zero-order chi connectivity index (χ0) is 15.7. The quantitative estimate of drug-likeness (QED) is 0.685. The molecule has 0 aliphatic heterocycles. The fraction of sp³-hybridized carbons (Fsp3) is 0.500.